The number of anilines is 3. The Labute approximate surface area is 132 Å². The Bertz CT molecular complexity index is 560. The van der Waals surface area contributed by atoms with Gasteiger partial charge in [0.2, 0.25) is 0 Å². The largest absolute Gasteiger partial charge is 0.378 e. The molecule has 0 saturated carbocycles. The maximum atomic E-state index is 12.0. The third-order valence-electron chi connectivity index (χ3n) is 3.48. The van der Waals surface area contributed by atoms with Crippen molar-refractivity contribution in [2.75, 3.05) is 29.6 Å². The number of carbonyl (C=O) groups excluding carboxylic acids is 1. The first-order valence-corrected chi connectivity index (χ1v) is 7.41. The molecule has 0 aliphatic carbocycles. The van der Waals surface area contributed by atoms with Gasteiger partial charge in [0.05, 0.1) is 0 Å². The molecule has 4 nitrogen and oxygen atoms in total. The summed E-state index contributed by atoms with van der Waals surface area (Å²) >= 11 is 0. The second-order valence-electron chi connectivity index (χ2n) is 5.80. The van der Waals surface area contributed by atoms with Gasteiger partial charge < -0.3 is 15.5 Å². The number of benzene rings is 2. The maximum Gasteiger partial charge on any atom is 0.323 e. The first kappa shape index (κ1) is 15.9. The first-order valence-electron chi connectivity index (χ1n) is 7.41. The summed E-state index contributed by atoms with van der Waals surface area (Å²) in [6, 6.07) is 15.4. The van der Waals surface area contributed by atoms with E-state index >= 15 is 0 Å². The Morgan fingerprint density at radius 2 is 1.32 bits per heavy atom. The summed E-state index contributed by atoms with van der Waals surface area (Å²) in [5.74, 6) is 0.484. The molecule has 116 valence electrons. The van der Waals surface area contributed by atoms with Crippen LogP contribution >= 0.6 is 0 Å². The van der Waals surface area contributed by atoms with Gasteiger partial charge in [-0.15, -0.1) is 0 Å². The lowest BCUT2D eigenvalue weighted by molar-refractivity contribution is 0.262. The molecular weight excluding hydrogens is 274 g/mol. The smallest absolute Gasteiger partial charge is 0.323 e. The second kappa shape index (κ2) is 6.98. The number of hydrogen-bond acceptors (Lipinski definition) is 2. The molecule has 22 heavy (non-hydrogen) atoms. The second-order valence-corrected chi connectivity index (χ2v) is 5.80. The van der Waals surface area contributed by atoms with Crippen molar-refractivity contribution in [2.45, 2.75) is 19.8 Å². The minimum Gasteiger partial charge on any atom is -0.378 e. The van der Waals surface area contributed by atoms with Crippen LogP contribution < -0.4 is 15.5 Å². The monoisotopic (exact) mass is 297 g/mol. The van der Waals surface area contributed by atoms with E-state index < -0.39 is 0 Å². The number of hydrogen-bond donors (Lipinski definition) is 2. The van der Waals surface area contributed by atoms with Crippen molar-refractivity contribution in [3.63, 3.8) is 0 Å². The molecule has 2 N–H and O–H groups in total. The van der Waals surface area contributed by atoms with Crippen molar-refractivity contribution in [1.82, 2.24) is 0 Å². The van der Waals surface area contributed by atoms with E-state index in [1.165, 1.54) is 5.56 Å². The zero-order valence-corrected chi connectivity index (χ0v) is 13.6. The predicted molar refractivity (Wildman–Crippen MR) is 93.9 cm³/mol. The topological polar surface area (TPSA) is 44.4 Å². The number of nitrogens with zero attached hydrogens (tertiary/aromatic N) is 1. The van der Waals surface area contributed by atoms with Crippen LogP contribution in [0.4, 0.5) is 21.9 Å². The normalized spacial score (nSPS) is 10.4. The third-order valence-corrected chi connectivity index (χ3v) is 3.48. The molecule has 0 aliphatic rings. The zero-order chi connectivity index (χ0) is 16.1. The number of rotatable bonds is 4. The van der Waals surface area contributed by atoms with Crippen molar-refractivity contribution < 1.29 is 4.79 Å². The van der Waals surface area contributed by atoms with E-state index in [1.807, 2.05) is 67.5 Å². The van der Waals surface area contributed by atoms with Crippen LogP contribution in [0.5, 0.6) is 0 Å². The average molecular weight is 297 g/mol. The van der Waals surface area contributed by atoms with Gasteiger partial charge in [-0.1, -0.05) is 26.0 Å². The highest BCUT2D eigenvalue weighted by molar-refractivity contribution is 5.99. The van der Waals surface area contributed by atoms with Gasteiger partial charge >= 0.3 is 6.03 Å². The Balaban J connectivity index is 1.94. The maximum absolute atomic E-state index is 12.0. The molecule has 0 fully saturated rings. The molecule has 0 heterocycles. The minimum absolute atomic E-state index is 0.241. The molecule has 2 rings (SSSR count). The quantitative estimate of drug-likeness (QED) is 0.871. The Kier molecular flexibility index (Phi) is 5.04. The predicted octanol–water partition coefficient (Wildman–Crippen LogP) is 4.52. The van der Waals surface area contributed by atoms with Crippen molar-refractivity contribution in [2.24, 2.45) is 0 Å². The van der Waals surface area contributed by atoms with Gasteiger partial charge in [-0.2, -0.15) is 0 Å². The van der Waals surface area contributed by atoms with Gasteiger partial charge in [-0.25, -0.2) is 4.79 Å². The van der Waals surface area contributed by atoms with Crippen LogP contribution in [0.15, 0.2) is 48.5 Å². The van der Waals surface area contributed by atoms with Crippen LogP contribution in [0.25, 0.3) is 0 Å². The van der Waals surface area contributed by atoms with Crippen molar-refractivity contribution in [3.8, 4) is 0 Å². The van der Waals surface area contributed by atoms with Gasteiger partial charge in [0.25, 0.3) is 0 Å². The van der Waals surface area contributed by atoms with Crippen LogP contribution in [0.2, 0.25) is 0 Å². The molecule has 0 unspecified atom stereocenters. The molecule has 2 amide bonds. The van der Waals surface area contributed by atoms with E-state index in [1.54, 1.807) is 0 Å². The lowest BCUT2D eigenvalue weighted by Crippen LogP contribution is -2.19. The van der Waals surface area contributed by atoms with E-state index in [0.717, 1.165) is 17.1 Å². The molecule has 0 radical (unpaired) electrons. The molecule has 2 aromatic rings. The fourth-order valence-corrected chi connectivity index (χ4v) is 2.09. The van der Waals surface area contributed by atoms with Gasteiger partial charge in [0.15, 0.2) is 0 Å². The van der Waals surface area contributed by atoms with Gasteiger partial charge in [-0.05, 0) is 47.9 Å². The molecular formula is C18H23N3O. The van der Waals surface area contributed by atoms with Crippen LogP contribution in [-0.2, 0) is 0 Å². The summed E-state index contributed by atoms with van der Waals surface area (Å²) in [7, 11) is 3.96. The van der Waals surface area contributed by atoms with E-state index in [2.05, 4.69) is 24.5 Å². The molecule has 2 aromatic carbocycles. The Morgan fingerprint density at radius 1 is 0.864 bits per heavy atom. The van der Waals surface area contributed by atoms with Crippen molar-refractivity contribution >= 4 is 23.1 Å². The number of urea groups is 1. The van der Waals surface area contributed by atoms with Crippen molar-refractivity contribution in [1.29, 1.82) is 0 Å². The number of amides is 2. The molecule has 0 aromatic heterocycles. The summed E-state index contributed by atoms with van der Waals surface area (Å²) in [6.45, 7) is 4.29. The molecule has 0 saturated heterocycles. The van der Waals surface area contributed by atoms with E-state index in [0.29, 0.717) is 5.92 Å². The summed E-state index contributed by atoms with van der Waals surface area (Å²) in [5, 5.41) is 5.66. The molecule has 4 heteroatoms. The molecule has 0 aliphatic heterocycles. The van der Waals surface area contributed by atoms with Crippen LogP contribution in [-0.4, -0.2) is 20.1 Å². The van der Waals surface area contributed by atoms with Crippen LogP contribution in [0.3, 0.4) is 0 Å². The summed E-state index contributed by atoms with van der Waals surface area (Å²) < 4.78 is 0. The zero-order valence-electron chi connectivity index (χ0n) is 13.6. The fraction of sp³-hybridized carbons (Fsp3) is 0.278. The number of carbonyl (C=O) groups is 1. The van der Waals surface area contributed by atoms with E-state index in [9.17, 15) is 4.79 Å². The van der Waals surface area contributed by atoms with E-state index in [4.69, 9.17) is 0 Å². The van der Waals surface area contributed by atoms with Crippen LogP contribution in [0.1, 0.15) is 25.3 Å². The Morgan fingerprint density at radius 3 is 1.73 bits per heavy atom. The SMILES string of the molecule is CC(C)c1ccc(NC(=O)Nc2ccc(N(C)C)cc2)cc1. The highest BCUT2D eigenvalue weighted by Gasteiger charge is 2.04. The fourth-order valence-electron chi connectivity index (χ4n) is 2.09. The van der Waals surface area contributed by atoms with Gasteiger partial charge in [0.1, 0.15) is 0 Å². The Hall–Kier alpha value is -2.49. The highest BCUT2D eigenvalue weighted by Crippen LogP contribution is 2.18. The molecule has 0 spiro atoms. The van der Waals surface area contributed by atoms with E-state index in [-0.39, 0.29) is 6.03 Å². The average Bonchev–Trinajstić information content (AvgIpc) is 2.48. The van der Waals surface area contributed by atoms with Gasteiger partial charge in [0, 0.05) is 31.2 Å². The standard InChI is InChI=1S/C18H23N3O/c1-13(2)14-5-7-15(8-6-14)19-18(22)20-16-9-11-17(12-10-16)21(3)4/h5-13H,1-4H3,(H2,19,20,22). The first-order chi connectivity index (χ1) is 10.5. The van der Waals surface area contributed by atoms with Crippen molar-refractivity contribution in [3.05, 3.63) is 54.1 Å². The number of nitrogens with one attached hydrogen (secondary N) is 2. The third kappa shape index (κ3) is 4.25. The summed E-state index contributed by atoms with van der Waals surface area (Å²) in [5.41, 5.74) is 3.90. The minimum atomic E-state index is -0.241. The highest BCUT2D eigenvalue weighted by atomic mass is 16.2. The molecule has 0 bridgehead atoms. The van der Waals surface area contributed by atoms with Crippen LogP contribution in [0, 0.1) is 0 Å². The molecule has 0 atom stereocenters. The summed E-state index contributed by atoms with van der Waals surface area (Å²) in [6.07, 6.45) is 0. The summed E-state index contributed by atoms with van der Waals surface area (Å²) in [4.78, 5) is 14.0. The lowest BCUT2D eigenvalue weighted by Gasteiger charge is -2.13. The lowest BCUT2D eigenvalue weighted by atomic mass is 10.0. The van der Waals surface area contributed by atoms with Gasteiger partial charge in [-0.3, -0.25) is 0 Å².